The molecule has 0 spiro atoms. The highest BCUT2D eigenvalue weighted by molar-refractivity contribution is 8.18. The number of carboxylic acid groups (broad SMARTS) is 1. The summed E-state index contributed by atoms with van der Waals surface area (Å²) in [5.41, 5.74) is -4.24. The van der Waals surface area contributed by atoms with Crippen LogP contribution in [0, 0.1) is 5.92 Å². The summed E-state index contributed by atoms with van der Waals surface area (Å²) in [5, 5.41) is 14.7. The largest absolute Gasteiger partial charge is 0.478 e. The summed E-state index contributed by atoms with van der Waals surface area (Å²) in [6, 6.07) is 3.76. The van der Waals surface area contributed by atoms with E-state index in [2.05, 4.69) is 25.6 Å². The molecule has 1 aromatic carbocycles. The van der Waals surface area contributed by atoms with Crippen molar-refractivity contribution in [2.75, 3.05) is 24.5 Å². The average molecular weight is 667 g/mol. The van der Waals surface area contributed by atoms with Crippen molar-refractivity contribution in [1.29, 1.82) is 0 Å². The Hall–Kier alpha value is -4.51. The third-order valence-corrected chi connectivity index (χ3v) is 8.14. The number of aromatic nitrogens is 3. The highest BCUT2D eigenvalue weighted by Gasteiger charge is 2.39. The highest BCUT2D eigenvalue weighted by atomic mass is 32.2. The van der Waals surface area contributed by atoms with Gasteiger partial charge in [-0.1, -0.05) is 6.07 Å². The van der Waals surface area contributed by atoms with E-state index >= 15 is 0 Å². The van der Waals surface area contributed by atoms with Crippen LogP contribution in [0.1, 0.15) is 45.6 Å². The molecule has 10 nitrogen and oxygen atoms in total. The van der Waals surface area contributed by atoms with Gasteiger partial charge in [-0.25, -0.2) is 14.8 Å². The number of halogens is 6. The first-order valence-electron chi connectivity index (χ1n) is 13.7. The number of rotatable bonds is 8. The Balaban J connectivity index is 1.20. The van der Waals surface area contributed by atoms with E-state index in [0.29, 0.717) is 49.0 Å². The van der Waals surface area contributed by atoms with Crippen molar-refractivity contribution in [3.63, 3.8) is 0 Å². The molecule has 0 atom stereocenters. The third-order valence-electron chi connectivity index (χ3n) is 7.33. The number of nitrogens with zero attached hydrogens (tertiary/aromatic N) is 4. The Labute approximate surface area is 261 Å². The molecule has 2 aliphatic heterocycles. The Morgan fingerprint density at radius 1 is 1.07 bits per heavy atom. The summed E-state index contributed by atoms with van der Waals surface area (Å²) in [4.78, 5) is 50.1. The van der Waals surface area contributed by atoms with E-state index in [1.165, 1.54) is 12.3 Å². The van der Waals surface area contributed by atoms with Crippen molar-refractivity contribution in [3.05, 3.63) is 75.6 Å². The van der Waals surface area contributed by atoms with Crippen molar-refractivity contribution >= 4 is 40.9 Å². The Bertz CT molecular complexity index is 1710. The number of carbonyl (C=O) groups is 3. The summed E-state index contributed by atoms with van der Waals surface area (Å²) < 4.78 is 80.4. The van der Waals surface area contributed by atoms with Gasteiger partial charge in [0.25, 0.3) is 11.1 Å². The number of piperidine rings is 1. The molecule has 0 bridgehead atoms. The van der Waals surface area contributed by atoms with Crippen LogP contribution in [0.2, 0.25) is 0 Å². The lowest BCUT2D eigenvalue weighted by Gasteiger charge is -2.32. The minimum atomic E-state index is -5.19. The summed E-state index contributed by atoms with van der Waals surface area (Å²) in [6.07, 6.45) is -4.41. The molecule has 2 aromatic heterocycles. The first-order chi connectivity index (χ1) is 21.7. The molecule has 2 fully saturated rings. The predicted octanol–water partition coefficient (Wildman–Crippen LogP) is 5.60. The Morgan fingerprint density at radius 3 is 2.43 bits per heavy atom. The zero-order valence-corrected chi connectivity index (χ0v) is 24.4. The number of imide groups is 1. The SMILES string of the molecule is O=C1NC(=O)/C(=C\c2ccnc(N3CCC(CNCc4cnc(-c5ccc(C(F)(F)F)cc5C(F)(F)F)c(C(=O)O)c4)CC3)n2)S1. The lowest BCUT2D eigenvalue weighted by atomic mass is 9.96. The molecule has 0 saturated carbocycles. The number of anilines is 1. The maximum Gasteiger partial charge on any atom is 0.417 e. The van der Waals surface area contributed by atoms with Crippen LogP contribution >= 0.6 is 11.8 Å². The van der Waals surface area contributed by atoms with Gasteiger partial charge in [0.05, 0.1) is 33.0 Å². The number of nitrogens with one attached hydrogen (secondary N) is 2. The van der Waals surface area contributed by atoms with Gasteiger partial charge in [0.1, 0.15) is 0 Å². The minimum absolute atomic E-state index is 0.0531. The maximum atomic E-state index is 13.7. The standard InChI is InChI=1S/C29H24F6N6O4S/c30-28(31,32)17-1-2-19(21(10-17)29(33,34)35)23-20(25(43)44)9-16(14-38-23)13-36-12-15-4-7-41(8-5-15)26-37-6-3-18(39-26)11-22-24(42)40-27(45)46-22/h1-3,6,9-11,14-15,36H,4-5,7-8,12-13H2,(H,43,44)(H,40,42,45)/b22-11+. The van der Waals surface area contributed by atoms with E-state index < -0.39 is 57.4 Å². The summed E-state index contributed by atoms with van der Waals surface area (Å²) in [7, 11) is 0. The minimum Gasteiger partial charge on any atom is -0.478 e. The van der Waals surface area contributed by atoms with Crippen molar-refractivity contribution in [1.82, 2.24) is 25.6 Å². The molecular formula is C29H24F6N6O4S. The molecule has 17 heteroatoms. The number of amides is 2. The number of hydrogen-bond acceptors (Lipinski definition) is 9. The molecule has 242 valence electrons. The quantitative estimate of drug-likeness (QED) is 0.206. The van der Waals surface area contributed by atoms with Gasteiger partial charge in [-0.15, -0.1) is 0 Å². The maximum absolute atomic E-state index is 13.7. The number of carbonyl (C=O) groups excluding carboxylic acids is 2. The van der Waals surface area contributed by atoms with Crippen LogP contribution in [0.3, 0.4) is 0 Å². The topological polar surface area (TPSA) is 137 Å². The second kappa shape index (κ2) is 13.1. The highest BCUT2D eigenvalue weighted by Crippen LogP contribution is 2.41. The molecule has 2 amide bonds. The Kier molecular flexibility index (Phi) is 9.34. The van der Waals surface area contributed by atoms with Gasteiger partial charge < -0.3 is 15.3 Å². The zero-order chi connectivity index (χ0) is 33.2. The molecule has 4 heterocycles. The van der Waals surface area contributed by atoms with Crippen LogP contribution in [-0.2, 0) is 23.7 Å². The van der Waals surface area contributed by atoms with E-state index in [4.69, 9.17) is 0 Å². The van der Waals surface area contributed by atoms with Gasteiger partial charge in [-0.2, -0.15) is 26.3 Å². The van der Waals surface area contributed by atoms with Crippen LogP contribution in [0.5, 0.6) is 0 Å². The van der Waals surface area contributed by atoms with Gasteiger partial charge in [0, 0.05) is 37.6 Å². The molecule has 46 heavy (non-hydrogen) atoms. The first-order valence-corrected chi connectivity index (χ1v) is 14.6. The molecule has 5 rings (SSSR count). The van der Waals surface area contributed by atoms with Crippen LogP contribution in [0.4, 0.5) is 37.1 Å². The smallest absolute Gasteiger partial charge is 0.417 e. The first kappa shape index (κ1) is 32.9. The Morgan fingerprint density at radius 2 is 1.80 bits per heavy atom. The van der Waals surface area contributed by atoms with Gasteiger partial charge in [-0.05, 0) is 73.0 Å². The second-order valence-corrected chi connectivity index (χ2v) is 11.5. The number of pyridine rings is 1. The second-order valence-electron chi connectivity index (χ2n) is 10.5. The number of carboxylic acids is 1. The fraction of sp³-hybridized carbons (Fsp3) is 0.310. The van der Waals surface area contributed by atoms with Crippen molar-refractivity contribution in [2.24, 2.45) is 5.92 Å². The number of benzene rings is 1. The number of aromatic carboxylic acids is 1. The van der Waals surface area contributed by atoms with E-state index in [-0.39, 0.29) is 23.4 Å². The van der Waals surface area contributed by atoms with Gasteiger partial charge in [-0.3, -0.25) is 19.9 Å². The molecule has 3 aromatic rings. The van der Waals surface area contributed by atoms with Crippen LogP contribution in [0.15, 0.2) is 47.6 Å². The number of thioether (sulfide) groups is 1. The van der Waals surface area contributed by atoms with E-state index in [0.717, 1.165) is 30.7 Å². The fourth-order valence-electron chi connectivity index (χ4n) is 5.05. The van der Waals surface area contributed by atoms with E-state index in [1.54, 1.807) is 12.3 Å². The van der Waals surface area contributed by atoms with Crippen molar-refractivity contribution in [2.45, 2.75) is 31.7 Å². The van der Waals surface area contributed by atoms with Crippen molar-refractivity contribution < 1.29 is 45.8 Å². The molecule has 3 N–H and O–H groups in total. The van der Waals surface area contributed by atoms with Crippen LogP contribution in [0.25, 0.3) is 17.3 Å². The summed E-state index contributed by atoms with van der Waals surface area (Å²) in [6.45, 7) is 1.96. The number of hydrogen-bond donors (Lipinski definition) is 3. The van der Waals surface area contributed by atoms with Gasteiger partial charge in [0.15, 0.2) is 0 Å². The van der Waals surface area contributed by atoms with Crippen LogP contribution in [-0.4, -0.2) is 56.8 Å². The fourth-order valence-corrected chi connectivity index (χ4v) is 5.72. The van der Waals surface area contributed by atoms with E-state index in [9.17, 15) is 45.8 Å². The molecular weight excluding hydrogens is 642 g/mol. The molecule has 2 saturated heterocycles. The lowest BCUT2D eigenvalue weighted by Crippen LogP contribution is -2.38. The normalized spacial score (nSPS) is 17.1. The zero-order valence-electron chi connectivity index (χ0n) is 23.6. The lowest BCUT2D eigenvalue weighted by molar-refractivity contribution is -0.142. The molecule has 0 radical (unpaired) electrons. The van der Waals surface area contributed by atoms with Crippen molar-refractivity contribution in [3.8, 4) is 11.3 Å². The molecule has 0 aliphatic carbocycles. The number of alkyl halides is 6. The summed E-state index contributed by atoms with van der Waals surface area (Å²) >= 11 is 0.793. The van der Waals surface area contributed by atoms with Gasteiger partial charge >= 0.3 is 18.3 Å². The summed E-state index contributed by atoms with van der Waals surface area (Å²) in [5.74, 6) is -1.35. The average Bonchev–Trinajstić information content (AvgIpc) is 3.32. The molecule has 0 unspecified atom stereocenters. The van der Waals surface area contributed by atoms with Gasteiger partial charge in [0.2, 0.25) is 5.95 Å². The monoisotopic (exact) mass is 666 g/mol. The van der Waals surface area contributed by atoms with Crippen LogP contribution < -0.4 is 15.5 Å². The predicted molar refractivity (Wildman–Crippen MR) is 154 cm³/mol. The van der Waals surface area contributed by atoms with E-state index in [1.807, 2.05) is 4.90 Å². The third kappa shape index (κ3) is 7.64. The molecule has 2 aliphatic rings.